The third kappa shape index (κ3) is 2.67. The number of methoxy groups -OCH3 is 1. The molecule has 0 radical (unpaired) electrons. The minimum Gasteiger partial charge on any atom is -0.480 e. The molecule has 0 saturated heterocycles. The SMILES string of the molecule is COc1nccnc1C(N)c1cc(Br)c(Br)s1. The van der Waals surface area contributed by atoms with Crippen LogP contribution in [0.25, 0.3) is 0 Å². The first-order valence-corrected chi connectivity index (χ1v) is 7.09. The molecule has 90 valence electrons. The maximum Gasteiger partial charge on any atom is 0.237 e. The Morgan fingerprint density at radius 3 is 2.65 bits per heavy atom. The van der Waals surface area contributed by atoms with Crippen molar-refractivity contribution in [3.63, 3.8) is 0 Å². The summed E-state index contributed by atoms with van der Waals surface area (Å²) >= 11 is 8.43. The highest BCUT2D eigenvalue weighted by molar-refractivity contribution is 9.13. The van der Waals surface area contributed by atoms with E-state index in [4.69, 9.17) is 10.5 Å². The van der Waals surface area contributed by atoms with Gasteiger partial charge in [-0.3, -0.25) is 4.98 Å². The summed E-state index contributed by atoms with van der Waals surface area (Å²) in [6.07, 6.45) is 3.19. The number of thiophene rings is 1. The Hall–Kier alpha value is -0.500. The summed E-state index contributed by atoms with van der Waals surface area (Å²) in [5.41, 5.74) is 6.80. The second-order valence-electron chi connectivity index (χ2n) is 3.20. The van der Waals surface area contributed by atoms with Gasteiger partial charge in [-0.25, -0.2) is 4.98 Å². The lowest BCUT2D eigenvalue weighted by atomic mass is 10.2. The highest BCUT2D eigenvalue weighted by Crippen LogP contribution is 2.37. The van der Waals surface area contributed by atoms with E-state index in [0.29, 0.717) is 11.6 Å². The smallest absolute Gasteiger partial charge is 0.237 e. The van der Waals surface area contributed by atoms with Crippen molar-refractivity contribution in [3.8, 4) is 5.88 Å². The van der Waals surface area contributed by atoms with Crippen LogP contribution in [0.2, 0.25) is 0 Å². The van der Waals surface area contributed by atoms with Gasteiger partial charge in [0.05, 0.1) is 16.9 Å². The van der Waals surface area contributed by atoms with Crippen LogP contribution in [0.15, 0.2) is 26.7 Å². The number of hydrogen-bond acceptors (Lipinski definition) is 5. The lowest BCUT2D eigenvalue weighted by molar-refractivity contribution is 0.387. The van der Waals surface area contributed by atoms with Crippen LogP contribution in [0.1, 0.15) is 16.6 Å². The molecule has 0 amide bonds. The number of rotatable bonds is 3. The predicted octanol–water partition coefficient (Wildman–Crippen LogP) is 3.12. The number of nitrogens with zero attached hydrogens (tertiary/aromatic N) is 2. The van der Waals surface area contributed by atoms with Gasteiger partial charge in [0.25, 0.3) is 0 Å². The van der Waals surface area contributed by atoms with Gasteiger partial charge in [-0.05, 0) is 37.9 Å². The fraction of sp³-hybridized carbons (Fsp3) is 0.200. The van der Waals surface area contributed by atoms with Gasteiger partial charge in [0.2, 0.25) is 5.88 Å². The molecule has 0 bridgehead atoms. The Balaban J connectivity index is 2.39. The van der Waals surface area contributed by atoms with Gasteiger partial charge < -0.3 is 10.5 Å². The van der Waals surface area contributed by atoms with Gasteiger partial charge in [-0.15, -0.1) is 11.3 Å². The van der Waals surface area contributed by atoms with E-state index in [1.165, 1.54) is 0 Å². The van der Waals surface area contributed by atoms with Crippen LogP contribution in [0.5, 0.6) is 5.88 Å². The van der Waals surface area contributed by atoms with Gasteiger partial charge in [-0.1, -0.05) is 0 Å². The summed E-state index contributed by atoms with van der Waals surface area (Å²) in [4.78, 5) is 9.31. The predicted molar refractivity (Wildman–Crippen MR) is 74.3 cm³/mol. The van der Waals surface area contributed by atoms with E-state index < -0.39 is 0 Å². The average Bonchev–Trinajstić information content (AvgIpc) is 2.68. The van der Waals surface area contributed by atoms with Gasteiger partial charge in [-0.2, -0.15) is 0 Å². The van der Waals surface area contributed by atoms with Crippen LogP contribution >= 0.6 is 43.2 Å². The molecule has 1 unspecified atom stereocenters. The molecule has 1 atom stereocenters. The molecule has 2 rings (SSSR count). The van der Waals surface area contributed by atoms with Crippen molar-refractivity contribution in [2.45, 2.75) is 6.04 Å². The highest BCUT2D eigenvalue weighted by Gasteiger charge is 2.19. The fourth-order valence-corrected chi connectivity index (χ4v) is 3.45. The zero-order valence-corrected chi connectivity index (χ0v) is 12.8. The number of nitrogens with two attached hydrogens (primary N) is 1. The summed E-state index contributed by atoms with van der Waals surface area (Å²) < 4.78 is 7.14. The molecule has 0 saturated carbocycles. The molecule has 0 spiro atoms. The molecular formula is C10H9Br2N3OS. The van der Waals surface area contributed by atoms with Crippen molar-refractivity contribution >= 4 is 43.2 Å². The number of ether oxygens (including phenoxy) is 1. The Morgan fingerprint density at radius 2 is 2.06 bits per heavy atom. The van der Waals surface area contributed by atoms with Crippen molar-refractivity contribution in [1.82, 2.24) is 9.97 Å². The van der Waals surface area contributed by atoms with E-state index in [-0.39, 0.29) is 6.04 Å². The lowest BCUT2D eigenvalue weighted by Crippen LogP contribution is -2.14. The van der Waals surface area contributed by atoms with Crippen molar-refractivity contribution < 1.29 is 4.74 Å². The summed E-state index contributed by atoms with van der Waals surface area (Å²) in [5.74, 6) is 0.459. The number of halogens is 2. The van der Waals surface area contributed by atoms with Crippen molar-refractivity contribution in [1.29, 1.82) is 0 Å². The zero-order valence-electron chi connectivity index (χ0n) is 8.85. The summed E-state index contributed by atoms with van der Waals surface area (Å²) in [5, 5.41) is 0. The second kappa shape index (κ2) is 5.43. The van der Waals surface area contributed by atoms with Crippen molar-refractivity contribution in [2.75, 3.05) is 7.11 Å². The molecule has 2 aromatic heterocycles. The molecule has 0 aliphatic carbocycles. The quantitative estimate of drug-likeness (QED) is 0.891. The molecule has 0 fully saturated rings. The van der Waals surface area contributed by atoms with Gasteiger partial charge in [0, 0.05) is 21.7 Å². The van der Waals surface area contributed by atoms with E-state index in [1.807, 2.05) is 6.07 Å². The lowest BCUT2D eigenvalue weighted by Gasteiger charge is -2.11. The minimum absolute atomic E-state index is 0.341. The first kappa shape index (κ1) is 12.9. The molecule has 17 heavy (non-hydrogen) atoms. The van der Waals surface area contributed by atoms with Crippen LogP contribution in [0.4, 0.5) is 0 Å². The Bertz CT molecular complexity index is 513. The molecule has 2 heterocycles. The minimum atomic E-state index is -0.341. The standard InChI is InChI=1S/C10H9Br2N3OS/c1-16-10-8(14-2-3-15-10)7(13)6-4-5(11)9(12)17-6/h2-4,7H,13H2,1H3. The monoisotopic (exact) mass is 377 g/mol. The van der Waals surface area contributed by atoms with Crippen LogP contribution in [0.3, 0.4) is 0 Å². The van der Waals surface area contributed by atoms with E-state index in [1.54, 1.807) is 30.8 Å². The maximum absolute atomic E-state index is 6.16. The molecular weight excluding hydrogens is 370 g/mol. The van der Waals surface area contributed by atoms with Gasteiger partial charge in [0.15, 0.2) is 0 Å². The molecule has 0 aromatic carbocycles. The normalized spacial score (nSPS) is 12.5. The van der Waals surface area contributed by atoms with E-state index in [9.17, 15) is 0 Å². The third-order valence-corrected chi connectivity index (χ3v) is 5.49. The summed E-state index contributed by atoms with van der Waals surface area (Å²) in [6.45, 7) is 0. The Labute approximate surface area is 119 Å². The van der Waals surface area contributed by atoms with Crippen LogP contribution in [-0.2, 0) is 0 Å². The average molecular weight is 379 g/mol. The Kier molecular flexibility index (Phi) is 4.13. The molecule has 0 aliphatic heterocycles. The molecule has 0 aliphatic rings. The second-order valence-corrected chi connectivity index (χ2v) is 6.45. The van der Waals surface area contributed by atoms with Crippen LogP contribution in [0, 0.1) is 0 Å². The van der Waals surface area contributed by atoms with Crippen molar-refractivity contribution in [3.05, 3.63) is 37.3 Å². The third-order valence-electron chi connectivity index (χ3n) is 2.15. The fourth-order valence-electron chi connectivity index (χ4n) is 1.36. The summed E-state index contributed by atoms with van der Waals surface area (Å²) in [6, 6.07) is 1.62. The Morgan fingerprint density at radius 1 is 1.35 bits per heavy atom. The highest BCUT2D eigenvalue weighted by atomic mass is 79.9. The molecule has 2 N–H and O–H groups in total. The first-order chi connectivity index (χ1) is 8.13. The topological polar surface area (TPSA) is 61.0 Å². The molecule has 7 heteroatoms. The first-order valence-electron chi connectivity index (χ1n) is 4.68. The zero-order chi connectivity index (χ0) is 12.4. The van der Waals surface area contributed by atoms with Gasteiger partial charge in [0.1, 0.15) is 5.69 Å². The van der Waals surface area contributed by atoms with Crippen LogP contribution in [-0.4, -0.2) is 17.1 Å². The van der Waals surface area contributed by atoms with E-state index >= 15 is 0 Å². The largest absolute Gasteiger partial charge is 0.480 e. The molecule has 2 aromatic rings. The number of aromatic nitrogens is 2. The number of hydrogen-bond donors (Lipinski definition) is 1. The van der Waals surface area contributed by atoms with Crippen molar-refractivity contribution in [2.24, 2.45) is 5.73 Å². The van der Waals surface area contributed by atoms with Crippen LogP contribution < -0.4 is 10.5 Å². The van der Waals surface area contributed by atoms with Gasteiger partial charge >= 0.3 is 0 Å². The summed E-state index contributed by atoms with van der Waals surface area (Å²) in [7, 11) is 1.56. The maximum atomic E-state index is 6.16. The van der Waals surface area contributed by atoms with E-state index in [0.717, 1.165) is 13.1 Å². The van der Waals surface area contributed by atoms with E-state index in [2.05, 4.69) is 41.8 Å². The molecule has 4 nitrogen and oxygen atoms in total.